The van der Waals surface area contributed by atoms with Crippen LogP contribution in [0.4, 0.5) is 0 Å². The highest BCUT2D eigenvalue weighted by Gasteiger charge is 2.11. The van der Waals surface area contributed by atoms with Crippen LogP contribution in [0.1, 0.15) is 16.1 Å². The molecule has 0 atom stereocenters. The first-order valence-corrected chi connectivity index (χ1v) is 7.09. The molecule has 0 unspecified atom stereocenters. The molecule has 3 rings (SSSR count). The van der Waals surface area contributed by atoms with Crippen molar-refractivity contribution in [2.24, 2.45) is 0 Å². The highest BCUT2D eigenvalue weighted by molar-refractivity contribution is 6.30. The maximum Gasteiger partial charge on any atom is 0.337 e. The van der Waals surface area contributed by atoms with Crippen LogP contribution in [0.3, 0.4) is 0 Å². The first kappa shape index (κ1) is 14.5. The summed E-state index contributed by atoms with van der Waals surface area (Å²) in [4.78, 5) is 20.8. The minimum absolute atomic E-state index is 0.386. The van der Waals surface area contributed by atoms with Crippen LogP contribution in [0.2, 0.25) is 5.02 Å². The lowest BCUT2D eigenvalue weighted by Crippen LogP contribution is -2.02. The summed E-state index contributed by atoms with van der Waals surface area (Å²) in [6.07, 6.45) is 0. The molecule has 0 N–H and O–H groups in total. The van der Waals surface area contributed by atoms with Crippen LogP contribution in [0, 0.1) is 6.92 Å². The van der Waals surface area contributed by atoms with Gasteiger partial charge in [0.1, 0.15) is 0 Å². The van der Waals surface area contributed by atoms with Crippen molar-refractivity contribution in [1.29, 1.82) is 0 Å². The number of fused-ring (bicyclic) bond motifs is 1. The fraction of sp³-hybridized carbons (Fsp3) is 0.118. The van der Waals surface area contributed by atoms with Gasteiger partial charge in [-0.15, -0.1) is 0 Å². The Morgan fingerprint density at radius 1 is 1.05 bits per heavy atom. The van der Waals surface area contributed by atoms with E-state index in [2.05, 4.69) is 9.97 Å². The third-order valence-corrected chi connectivity index (χ3v) is 3.63. The first-order valence-electron chi connectivity index (χ1n) is 6.71. The second-order valence-electron chi connectivity index (χ2n) is 4.86. The Morgan fingerprint density at radius 2 is 1.77 bits per heavy atom. The van der Waals surface area contributed by atoms with Gasteiger partial charge in [-0.2, -0.15) is 0 Å². The van der Waals surface area contributed by atoms with E-state index in [9.17, 15) is 4.79 Å². The van der Waals surface area contributed by atoms with Gasteiger partial charge in [-0.3, -0.25) is 0 Å². The second-order valence-corrected chi connectivity index (χ2v) is 5.30. The fourth-order valence-corrected chi connectivity index (χ4v) is 2.39. The normalized spacial score (nSPS) is 10.7. The summed E-state index contributed by atoms with van der Waals surface area (Å²) in [6, 6.07) is 12.6. The predicted octanol–water partition coefficient (Wildman–Crippen LogP) is 4.05. The molecule has 3 aromatic rings. The number of aromatic nitrogens is 2. The van der Waals surface area contributed by atoms with Crippen LogP contribution in [-0.4, -0.2) is 23.0 Å². The van der Waals surface area contributed by atoms with Crippen molar-refractivity contribution in [3.63, 3.8) is 0 Å². The molecule has 5 heteroatoms. The molecule has 1 heterocycles. The number of aryl methyl sites for hydroxylation is 1. The summed E-state index contributed by atoms with van der Waals surface area (Å²) in [7, 11) is 1.35. The number of hydrogen-bond acceptors (Lipinski definition) is 4. The average Bonchev–Trinajstić information content (AvgIpc) is 2.54. The van der Waals surface area contributed by atoms with Crippen molar-refractivity contribution in [1.82, 2.24) is 9.97 Å². The monoisotopic (exact) mass is 312 g/mol. The standard InChI is InChI=1S/C17H13ClN2O2/c1-10-16(11-3-6-13(18)7-4-11)20-14-8-5-12(17(21)22-2)9-15(14)19-10/h3-9H,1-2H3. The SMILES string of the molecule is COC(=O)c1ccc2nc(-c3ccc(Cl)cc3)c(C)nc2c1. The molecular weight excluding hydrogens is 300 g/mol. The minimum atomic E-state index is -0.386. The van der Waals surface area contributed by atoms with Gasteiger partial charge in [0.15, 0.2) is 0 Å². The average molecular weight is 313 g/mol. The number of methoxy groups -OCH3 is 1. The summed E-state index contributed by atoms with van der Waals surface area (Å²) < 4.78 is 4.72. The van der Waals surface area contributed by atoms with Gasteiger partial charge in [0.2, 0.25) is 0 Å². The number of benzene rings is 2. The lowest BCUT2D eigenvalue weighted by molar-refractivity contribution is 0.0601. The summed E-state index contributed by atoms with van der Waals surface area (Å²) in [5.74, 6) is -0.386. The molecule has 0 saturated heterocycles. The van der Waals surface area contributed by atoms with Gasteiger partial charge in [-0.05, 0) is 37.3 Å². The van der Waals surface area contributed by atoms with Gasteiger partial charge >= 0.3 is 5.97 Å². The number of carbonyl (C=O) groups is 1. The Morgan fingerprint density at radius 3 is 2.45 bits per heavy atom. The number of halogens is 1. The van der Waals surface area contributed by atoms with Crippen LogP contribution < -0.4 is 0 Å². The van der Waals surface area contributed by atoms with Gasteiger partial charge in [0.05, 0.1) is 35.1 Å². The third-order valence-electron chi connectivity index (χ3n) is 3.38. The highest BCUT2D eigenvalue weighted by atomic mass is 35.5. The molecule has 0 spiro atoms. The molecule has 0 amide bonds. The summed E-state index contributed by atoms with van der Waals surface area (Å²) >= 11 is 5.91. The Hall–Kier alpha value is -2.46. The molecule has 0 bridgehead atoms. The van der Waals surface area contributed by atoms with Gasteiger partial charge in [0.25, 0.3) is 0 Å². The van der Waals surface area contributed by atoms with Crippen LogP contribution >= 0.6 is 11.6 Å². The van der Waals surface area contributed by atoms with Crippen LogP contribution in [0.15, 0.2) is 42.5 Å². The van der Waals surface area contributed by atoms with Crippen LogP contribution in [-0.2, 0) is 4.74 Å². The zero-order chi connectivity index (χ0) is 15.7. The largest absolute Gasteiger partial charge is 0.465 e. The van der Waals surface area contributed by atoms with E-state index in [1.807, 2.05) is 31.2 Å². The third kappa shape index (κ3) is 2.65. The van der Waals surface area contributed by atoms with Crippen LogP contribution in [0.25, 0.3) is 22.3 Å². The van der Waals surface area contributed by atoms with Gasteiger partial charge in [-0.1, -0.05) is 23.7 Å². The Kier molecular flexibility index (Phi) is 3.77. The molecule has 0 aliphatic carbocycles. The Bertz CT molecular complexity index is 860. The summed E-state index contributed by atoms with van der Waals surface area (Å²) in [5, 5.41) is 0.679. The highest BCUT2D eigenvalue weighted by Crippen LogP contribution is 2.24. The van der Waals surface area contributed by atoms with Gasteiger partial charge in [-0.25, -0.2) is 14.8 Å². The van der Waals surface area contributed by atoms with Crippen molar-refractivity contribution in [3.8, 4) is 11.3 Å². The van der Waals surface area contributed by atoms with E-state index in [0.717, 1.165) is 22.5 Å². The van der Waals surface area contributed by atoms with E-state index in [1.54, 1.807) is 18.2 Å². The summed E-state index contributed by atoms with van der Waals surface area (Å²) in [5.41, 5.74) is 4.39. The number of hydrogen-bond donors (Lipinski definition) is 0. The van der Waals surface area contributed by atoms with Crippen molar-refractivity contribution in [2.45, 2.75) is 6.92 Å². The molecule has 4 nitrogen and oxygen atoms in total. The first-order chi connectivity index (χ1) is 10.6. The Labute approximate surface area is 132 Å². The number of rotatable bonds is 2. The maximum absolute atomic E-state index is 11.6. The molecular formula is C17H13ClN2O2. The van der Waals surface area contributed by atoms with E-state index in [0.29, 0.717) is 16.1 Å². The Balaban J connectivity index is 2.13. The van der Waals surface area contributed by atoms with Crippen molar-refractivity contribution >= 4 is 28.6 Å². The number of carbonyl (C=O) groups excluding carboxylic acids is 1. The summed E-state index contributed by atoms with van der Waals surface area (Å²) in [6.45, 7) is 1.89. The molecule has 1 aromatic heterocycles. The molecule has 2 aromatic carbocycles. The van der Waals surface area contributed by atoms with Crippen LogP contribution in [0.5, 0.6) is 0 Å². The number of nitrogens with zero attached hydrogens (tertiary/aromatic N) is 2. The number of ether oxygens (including phenoxy) is 1. The predicted molar refractivity (Wildman–Crippen MR) is 86.1 cm³/mol. The fourth-order valence-electron chi connectivity index (χ4n) is 2.27. The van der Waals surface area contributed by atoms with E-state index >= 15 is 0 Å². The second kappa shape index (κ2) is 5.73. The topological polar surface area (TPSA) is 52.1 Å². The maximum atomic E-state index is 11.6. The zero-order valence-electron chi connectivity index (χ0n) is 12.1. The quantitative estimate of drug-likeness (QED) is 0.670. The van der Waals surface area contributed by atoms with Crippen molar-refractivity contribution < 1.29 is 9.53 Å². The molecule has 0 aliphatic heterocycles. The molecule has 0 radical (unpaired) electrons. The van der Waals surface area contributed by atoms with E-state index < -0.39 is 0 Å². The molecule has 0 saturated carbocycles. The van der Waals surface area contributed by atoms with Crippen molar-refractivity contribution in [2.75, 3.05) is 7.11 Å². The molecule has 22 heavy (non-hydrogen) atoms. The lowest BCUT2D eigenvalue weighted by atomic mass is 10.1. The molecule has 110 valence electrons. The molecule has 0 aliphatic rings. The van der Waals surface area contributed by atoms with E-state index in [-0.39, 0.29) is 5.97 Å². The molecule has 0 fully saturated rings. The van der Waals surface area contributed by atoms with E-state index in [1.165, 1.54) is 7.11 Å². The zero-order valence-corrected chi connectivity index (χ0v) is 12.9. The smallest absolute Gasteiger partial charge is 0.337 e. The van der Waals surface area contributed by atoms with Gasteiger partial charge < -0.3 is 4.74 Å². The minimum Gasteiger partial charge on any atom is -0.465 e. The lowest BCUT2D eigenvalue weighted by Gasteiger charge is -2.08. The number of esters is 1. The van der Waals surface area contributed by atoms with Gasteiger partial charge in [0, 0.05) is 10.6 Å². The van der Waals surface area contributed by atoms with Crippen molar-refractivity contribution in [3.05, 3.63) is 58.7 Å². The van der Waals surface area contributed by atoms with E-state index in [4.69, 9.17) is 16.3 Å².